The maximum absolute atomic E-state index is 12.4. The molecule has 1 aromatic carbocycles. The summed E-state index contributed by atoms with van der Waals surface area (Å²) < 4.78 is 0. The highest BCUT2D eigenvalue weighted by Gasteiger charge is 2.59. The smallest absolute Gasteiger partial charge is 0.335 e. The number of hydrogen-bond acceptors (Lipinski definition) is 5. The van der Waals surface area contributed by atoms with Crippen molar-refractivity contribution in [3.05, 3.63) is 47.0 Å². The van der Waals surface area contributed by atoms with Gasteiger partial charge in [-0.05, 0) is 111 Å². The Bertz CT molecular complexity index is 1170. The van der Waals surface area contributed by atoms with E-state index < -0.39 is 5.97 Å². The number of hydrogen-bond donors (Lipinski definition) is 2. The molecule has 1 amide bonds. The van der Waals surface area contributed by atoms with Crippen LogP contribution in [0.4, 0.5) is 0 Å². The highest BCUT2D eigenvalue weighted by atomic mass is 16.6. The van der Waals surface area contributed by atoms with E-state index in [-0.39, 0.29) is 34.8 Å². The molecule has 0 radical (unpaired) electrons. The zero-order valence-electron chi connectivity index (χ0n) is 22.8. The number of ketones is 1. The molecule has 4 aliphatic rings. The molecule has 0 saturated heterocycles. The summed E-state index contributed by atoms with van der Waals surface area (Å²) in [5, 5.41) is 16.1. The third-order valence-corrected chi connectivity index (χ3v) is 10.5. The van der Waals surface area contributed by atoms with Crippen LogP contribution in [-0.2, 0) is 21.0 Å². The van der Waals surface area contributed by atoms with Gasteiger partial charge in [0.2, 0.25) is 0 Å². The van der Waals surface area contributed by atoms with Gasteiger partial charge in [0.05, 0.1) is 11.3 Å². The molecule has 4 aliphatic carbocycles. The Hall–Kier alpha value is -2.96. The molecule has 5 rings (SSSR count). The van der Waals surface area contributed by atoms with Crippen molar-refractivity contribution in [2.45, 2.75) is 78.7 Å². The molecule has 204 valence electrons. The number of nitrogens with zero attached hydrogens (tertiary/aromatic N) is 1. The molecule has 1 aromatic rings. The molecule has 3 fully saturated rings. The number of Topliss-reactive ketones (excluding diaryl/α,β-unsaturated/α-hetero) is 1. The SMILES string of the molecule is CC(=O)[C@H]1CC[C@H]2[C@H]3CCC4=CC(=NOCC(=O)NCc5ccc(C(=O)O)cc5)CC[C@]4(C)[C@H]3CC[C@]12C. The third kappa shape index (κ3) is 4.80. The number of aromatic carboxylic acids is 1. The number of benzene rings is 1. The second-order valence-corrected chi connectivity index (χ2v) is 12.4. The van der Waals surface area contributed by atoms with E-state index in [1.54, 1.807) is 19.1 Å². The first-order valence-corrected chi connectivity index (χ1v) is 14.1. The predicted molar refractivity (Wildman–Crippen MR) is 145 cm³/mol. The van der Waals surface area contributed by atoms with Gasteiger partial charge in [-0.15, -0.1) is 0 Å². The average Bonchev–Trinajstić information content (AvgIpc) is 3.25. The maximum Gasteiger partial charge on any atom is 0.335 e. The molecule has 6 atom stereocenters. The highest BCUT2D eigenvalue weighted by Crippen LogP contribution is 2.66. The minimum absolute atomic E-state index is 0.153. The van der Waals surface area contributed by atoms with E-state index in [1.165, 1.54) is 37.0 Å². The monoisotopic (exact) mass is 520 g/mol. The van der Waals surface area contributed by atoms with Crippen LogP contribution in [0.1, 0.15) is 88.1 Å². The molecule has 7 nitrogen and oxygen atoms in total. The van der Waals surface area contributed by atoms with Crippen LogP contribution in [-0.4, -0.2) is 35.1 Å². The Morgan fingerprint density at radius 1 is 1.03 bits per heavy atom. The molecular formula is C31H40N2O5. The molecule has 0 heterocycles. The van der Waals surface area contributed by atoms with E-state index in [9.17, 15) is 14.4 Å². The molecule has 3 saturated carbocycles. The van der Waals surface area contributed by atoms with Crippen molar-refractivity contribution in [3.63, 3.8) is 0 Å². The number of carbonyl (C=O) groups is 3. The van der Waals surface area contributed by atoms with Gasteiger partial charge in [0.15, 0.2) is 6.61 Å². The summed E-state index contributed by atoms with van der Waals surface area (Å²) in [6, 6.07) is 6.41. The molecule has 0 unspecified atom stereocenters. The van der Waals surface area contributed by atoms with Crippen molar-refractivity contribution >= 4 is 23.4 Å². The van der Waals surface area contributed by atoms with Gasteiger partial charge in [0, 0.05) is 12.5 Å². The first-order chi connectivity index (χ1) is 18.1. The van der Waals surface area contributed by atoms with Crippen molar-refractivity contribution < 1.29 is 24.3 Å². The third-order valence-electron chi connectivity index (χ3n) is 10.5. The number of carboxylic acids is 1. The van der Waals surface area contributed by atoms with Gasteiger partial charge in [-0.1, -0.05) is 36.7 Å². The summed E-state index contributed by atoms with van der Waals surface area (Å²) in [6.07, 6.45) is 11.0. The van der Waals surface area contributed by atoms with Crippen LogP contribution in [0.5, 0.6) is 0 Å². The first-order valence-electron chi connectivity index (χ1n) is 14.1. The van der Waals surface area contributed by atoms with Crippen molar-refractivity contribution in [1.29, 1.82) is 0 Å². The Balaban J connectivity index is 1.16. The van der Waals surface area contributed by atoms with Crippen molar-refractivity contribution in [3.8, 4) is 0 Å². The van der Waals surface area contributed by atoms with Crippen LogP contribution in [0.15, 0.2) is 41.1 Å². The lowest BCUT2D eigenvalue weighted by Crippen LogP contribution is -2.51. The van der Waals surface area contributed by atoms with E-state index in [0.29, 0.717) is 30.1 Å². The summed E-state index contributed by atoms with van der Waals surface area (Å²) in [6.45, 7) is 6.79. The lowest BCUT2D eigenvalue weighted by molar-refractivity contribution is -0.128. The Morgan fingerprint density at radius 2 is 1.79 bits per heavy atom. The van der Waals surface area contributed by atoms with Crippen LogP contribution in [0.3, 0.4) is 0 Å². The van der Waals surface area contributed by atoms with Crippen LogP contribution < -0.4 is 5.32 Å². The minimum Gasteiger partial charge on any atom is -0.478 e. The van der Waals surface area contributed by atoms with Gasteiger partial charge in [0.25, 0.3) is 5.91 Å². The Kier molecular flexibility index (Phi) is 7.23. The predicted octanol–water partition coefficient (Wildman–Crippen LogP) is 5.54. The topological polar surface area (TPSA) is 105 Å². The van der Waals surface area contributed by atoms with Gasteiger partial charge in [-0.3, -0.25) is 9.59 Å². The van der Waals surface area contributed by atoms with E-state index >= 15 is 0 Å². The summed E-state index contributed by atoms with van der Waals surface area (Å²) in [5.41, 5.74) is 3.79. The van der Waals surface area contributed by atoms with Gasteiger partial charge in [-0.2, -0.15) is 0 Å². The molecule has 0 aromatic heterocycles. The number of oxime groups is 1. The largest absolute Gasteiger partial charge is 0.478 e. The van der Waals surface area contributed by atoms with E-state index in [2.05, 4.69) is 30.4 Å². The van der Waals surface area contributed by atoms with Crippen molar-refractivity contribution in [2.24, 2.45) is 39.7 Å². The number of carboxylic acid groups (broad SMARTS) is 1. The molecular weight excluding hydrogens is 480 g/mol. The quantitative estimate of drug-likeness (QED) is 0.459. The van der Waals surface area contributed by atoms with Crippen molar-refractivity contribution in [1.82, 2.24) is 5.32 Å². The number of fused-ring (bicyclic) bond motifs is 5. The maximum atomic E-state index is 12.4. The molecule has 0 bridgehead atoms. The van der Waals surface area contributed by atoms with Crippen LogP contribution in [0, 0.1) is 34.5 Å². The van der Waals surface area contributed by atoms with Crippen LogP contribution in [0.2, 0.25) is 0 Å². The van der Waals surface area contributed by atoms with Crippen LogP contribution in [0.25, 0.3) is 0 Å². The molecule has 0 spiro atoms. The second-order valence-electron chi connectivity index (χ2n) is 12.4. The van der Waals surface area contributed by atoms with E-state index in [4.69, 9.17) is 9.94 Å². The normalized spacial score (nSPS) is 34.9. The average molecular weight is 521 g/mol. The Morgan fingerprint density at radius 3 is 2.50 bits per heavy atom. The summed E-state index contributed by atoms with van der Waals surface area (Å²) in [7, 11) is 0. The number of amides is 1. The van der Waals surface area contributed by atoms with Crippen LogP contribution >= 0.6 is 0 Å². The van der Waals surface area contributed by atoms with Gasteiger partial charge >= 0.3 is 5.97 Å². The standard InChI is InChI=1S/C31H40N2O5/c1-19(34)25-10-11-26-24-9-8-22-16-23(12-14-30(22,2)27(24)13-15-31(25,26)3)33-38-18-28(35)32-17-20-4-6-21(7-5-20)29(36)37/h4-7,16,24-27H,8-15,17-18H2,1-3H3,(H,32,35)(H,36,37)/t24-,25-,26+,27+,30+,31-/m1/s1. The molecule has 7 heteroatoms. The zero-order chi connectivity index (χ0) is 27.1. The number of rotatable bonds is 7. The minimum atomic E-state index is -0.975. The highest BCUT2D eigenvalue weighted by molar-refractivity contribution is 5.96. The van der Waals surface area contributed by atoms with Crippen molar-refractivity contribution in [2.75, 3.05) is 6.61 Å². The second kappa shape index (κ2) is 10.3. The summed E-state index contributed by atoms with van der Waals surface area (Å²) >= 11 is 0. The number of carbonyl (C=O) groups excluding carboxylic acids is 2. The van der Waals surface area contributed by atoms with E-state index in [1.807, 2.05) is 0 Å². The van der Waals surface area contributed by atoms with Gasteiger partial charge < -0.3 is 15.3 Å². The fourth-order valence-corrected chi connectivity index (χ4v) is 8.50. The zero-order valence-corrected chi connectivity index (χ0v) is 22.8. The molecule has 38 heavy (non-hydrogen) atoms. The number of allylic oxidation sites excluding steroid dienone is 2. The summed E-state index contributed by atoms with van der Waals surface area (Å²) in [5.74, 6) is 1.44. The summed E-state index contributed by atoms with van der Waals surface area (Å²) in [4.78, 5) is 41.0. The van der Waals surface area contributed by atoms with Gasteiger partial charge in [-0.25, -0.2) is 4.79 Å². The Labute approximate surface area is 225 Å². The molecule has 2 N–H and O–H groups in total. The molecule has 0 aliphatic heterocycles. The fourth-order valence-electron chi connectivity index (χ4n) is 8.50. The lowest BCUT2D eigenvalue weighted by atomic mass is 9.46. The fraction of sp³-hybridized carbons (Fsp3) is 0.613. The van der Waals surface area contributed by atoms with E-state index in [0.717, 1.165) is 43.4 Å². The lowest BCUT2D eigenvalue weighted by Gasteiger charge is -2.58. The number of nitrogens with one attached hydrogen (secondary N) is 1. The first kappa shape index (κ1) is 26.6. The van der Waals surface area contributed by atoms with Gasteiger partial charge in [0.1, 0.15) is 5.78 Å².